The highest BCUT2D eigenvalue weighted by molar-refractivity contribution is 7.89. The molecule has 0 radical (unpaired) electrons. The van der Waals surface area contributed by atoms with Gasteiger partial charge in [-0.15, -0.1) is 0 Å². The van der Waals surface area contributed by atoms with Crippen LogP contribution in [0.5, 0.6) is 0 Å². The first-order valence-corrected chi connectivity index (χ1v) is 9.23. The molecule has 2 rings (SSSR count). The molecule has 0 spiro atoms. The van der Waals surface area contributed by atoms with Gasteiger partial charge < -0.3 is 5.11 Å². The van der Waals surface area contributed by atoms with Crippen molar-refractivity contribution >= 4 is 33.4 Å². The highest BCUT2D eigenvalue weighted by Gasteiger charge is 2.16. The van der Waals surface area contributed by atoms with Gasteiger partial charge in [0.1, 0.15) is 0 Å². The summed E-state index contributed by atoms with van der Waals surface area (Å²) in [6.07, 6.45) is 0.376. The predicted molar refractivity (Wildman–Crippen MR) is 93.4 cm³/mol. The zero-order chi connectivity index (χ0) is 18.4. The van der Waals surface area contributed by atoms with Crippen LogP contribution in [0.15, 0.2) is 53.4 Å². The number of ketones is 1. The number of sulfonamides is 1. The second-order valence-corrected chi connectivity index (χ2v) is 7.50. The number of hydrogen-bond acceptors (Lipinski definition) is 4. The Hall–Kier alpha value is -2.22. The predicted octanol–water partition coefficient (Wildman–Crippen LogP) is 2.52. The van der Waals surface area contributed by atoms with Crippen molar-refractivity contribution in [1.82, 2.24) is 4.72 Å². The van der Waals surface area contributed by atoms with Crippen LogP contribution < -0.4 is 4.72 Å². The number of Topliss-reactive ketones (excluding diaryl/α,β-unsaturated/α-hetero) is 1. The van der Waals surface area contributed by atoms with E-state index in [0.717, 1.165) is 5.56 Å². The summed E-state index contributed by atoms with van der Waals surface area (Å²) in [6, 6.07) is 12.0. The van der Waals surface area contributed by atoms with Crippen molar-refractivity contribution in [3.8, 4) is 0 Å². The van der Waals surface area contributed by atoms with Gasteiger partial charge in [-0.05, 0) is 36.2 Å². The van der Waals surface area contributed by atoms with E-state index in [1.165, 1.54) is 24.3 Å². The van der Waals surface area contributed by atoms with Gasteiger partial charge in [0.25, 0.3) is 0 Å². The van der Waals surface area contributed by atoms with Crippen LogP contribution >= 0.6 is 11.6 Å². The van der Waals surface area contributed by atoms with Crippen molar-refractivity contribution in [3.05, 3.63) is 64.7 Å². The van der Waals surface area contributed by atoms with E-state index in [0.29, 0.717) is 17.0 Å². The number of rotatable bonds is 8. The number of carbonyl (C=O) groups is 2. The number of carbonyl (C=O) groups excluding carboxylic acids is 1. The summed E-state index contributed by atoms with van der Waals surface area (Å²) in [5.41, 5.74) is 1.14. The fourth-order valence-electron chi connectivity index (χ4n) is 2.07. The Balaban J connectivity index is 1.97. The molecule has 0 aliphatic heterocycles. The second-order valence-electron chi connectivity index (χ2n) is 5.29. The average Bonchev–Trinajstić information content (AvgIpc) is 2.59. The highest BCUT2D eigenvalue weighted by atomic mass is 35.5. The molecule has 0 amide bonds. The number of carboxylic acid groups (broad SMARTS) is 1. The fourth-order valence-corrected chi connectivity index (χ4v) is 3.18. The zero-order valence-corrected chi connectivity index (χ0v) is 14.7. The van der Waals surface area contributed by atoms with E-state index in [1.54, 1.807) is 24.3 Å². The molecule has 0 bridgehead atoms. The summed E-state index contributed by atoms with van der Waals surface area (Å²) in [7, 11) is -3.80. The third kappa shape index (κ3) is 5.67. The average molecular weight is 382 g/mol. The summed E-state index contributed by atoms with van der Waals surface area (Å²) < 4.78 is 26.5. The molecule has 2 aromatic carbocycles. The summed E-state index contributed by atoms with van der Waals surface area (Å²) in [4.78, 5) is 22.7. The molecular weight excluding hydrogens is 366 g/mol. The molecule has 0 saturated carbocycles. The normalized spacial score (nSPS) is 11.2. The Morgan fingerprint density at radius 3 is 2.16 bits per heavy atom. The molecule has 25 heavy (non-hydrogen) atoms. The molecule has 2 aromatic rings. The lowest BCUT2D eigenvalue weighted by Gasteiger charge is -2.07. The van der Waals surface area contributed by atoms with Crippen molar-refractivity contribution in [2.24, 2.45) is 0 Å². The summed E-state index contributed by atoms with van der Waals surface area (Å²) in [5, 5.41) is 9.06. The van der Waals surface area contributed by atoms with Gasteiger partial charge in [0.15, 0.2) is 5.78 Å². The Morgan fingerprint density at radius 2 is 1.60 bits per heavy atom. The number of benzene rings is 2. The number of aliphatic carboxylic acids is 1. The lowest BCUT2D eigenvalue weighted by Crippen LogP contribution is -2.29. The van der Waals surface area contributed by atoms with Crippen LogP contribution in [-0.4, -0.2) is 31.8 Å². The number of aryl methyl sites for hydroxylation is 1. The van der Waals surface area contributed by atoms with E-state index >= 15 is 0 Å². The Morgan fingerprint density at radius 1 is 1.00 bits per heavy atom. The van der Waals surface area contributed by atoms with E-state index < -0.39 is 16.0 Å². The maximum absolute atomic E-state index is 12.1. The van der Waals surface area contributed by atoms with Crippen molar-refractivity contribution in [3.63, 3.8) is 0 Å². The maximum Gasteiger partial charge on any atom is 0.303 e. The van der Waals surface area contributed by atoms with Gasteiger partial charge in [-0.2, -0.15) is 0 Å². The van der Waals surface area contributed by atoms with Crippen LogP contribution in [0.1, 0.15) is 22.3 Å². The Kier molecular flexibility index (Phi) is 6.30. The summed E-state index contributed by atoms with van der Waals surface area (Å²) in [5.74, 6) is -1.28. The first kappa shape index (κ1) is 19.1. The minimum absolute atomic E-state index is 0.00812. The quantitative estimate of drug-likeness (QED) is 0.684. The number of carboxylic acids is 1. The molecule has 0 saturated heterocycles. The molecule has 0 atom stereocenters. The van der Waals surface area contributed by atoms with E-state index in [9.17, 15) is 18.0 Å². The minimum Gasteiger partial charge on any atom is -0.481 e. The van der Waals surface area contributed by atoms with Gasteiger partial charge in [-0.1, -0.05) is 35.9 Å². The third-order valence-corrected chi connectivity index (χ3v) is 5.12. The van der Waals surface area contributed by atoms with Gasteiger partial charge in [-0.25, -0.2) is 13.1 Å². The van der Waals surface area contributed by atoms with Crippen molar-refractivity contribution < 1.29 is 23.1 Å². The van der Waals surface area contributed by atoms with Crippen LogP contribution in [-0.2, 0) is 21.2 Å². The van der Waals surface area contributed by atoms with Crippen LogP contribution in [0.25, 0.3) is 0 Å². The molecule has 6 nitrogen and oxygen atoms in total. The molecule has 2 N–H and O–H groups in total. The second kappa shape index (κ2) is 8.24. The molecule has 0 heterocycles. The molecule has 0 aromatic heterocycles. The third-order valence-electron chi connectivity index (χ3n) is 3.45. The zero-order valence-electron chi connectivity index (χ0n) is 13.1. The van der Waals surface area contributed by atoms with E-state index in [4.69, 9.17) is 16.7 Å². The SMILES string of the molecule is O=C(O)CCc1ccc(C(=O)CNS(=O)(=O)c2ccc(Cl)cc2)cc1. The fraction of sp³-hybridized carbons (Fsp3) is 0.176. The van der Waals surface area contributed by atoms with Crippen molar-refractivity contribution in [2.75, 3.05) is 6.54 Å². The smallest absolute Gasteiger partial charge is 0.303 e. The molecule has 0 unspecified atom stereocenters. The molecule has 8 heteroatoms. The highest BCUT2D eigenvalue weighted by Crippen LogP contribution is 2.14. The van der Waals surface area contributed by atoms with Gasteiger partial charge in [0.05, 0.1) is 11.4 Å². The first-order chi connectivity index (χ1) is 11.8. The standard InChI is InChI=1S/C17H16ClNO5S/c18-14-6-8-15(9-7-14)25(23,24)19-11-16(20)13-4-1-12(2-5-13)3-10-17(21)22/h1-2,4-9,19H,3,10-11H2,(H,21,22). The topological polar surface area (TPSA) is 101 Å². The molecule has 132 valence electrons. The van der Waals surface area contributed by atoms with Gasteiger partial charge in [-0.3, -0.25) is 9.59 Å². The van der Waals surface area contributed by atoms with Gasteiger partial charge in [0.2, 0.25) is 10.0 Å². The van der Waals surface area contributed by atoms with Crippen molar-refractivity contribution in [1.29, 1.82) is 0 Å². The van der Waals surface area contributed by atoms with Crippen LogP contribution in [0.2, 0.25) is 5.02 Å². The number of nitrogens with one attached hydrogen (secondary N) is 1. The van der Waals surface area contributed by atoms with E-state index in [1.807, 2.05) is 0 Å². The Labute approximate surface area is 150 Å². The van der Waals surface area contributed by atoms with E-state index in [2.05, 4.69) is 4.72 Å². The number of hydrogen-bond donors (Lipinski definition) is 2. The maximum atomic E-state index is 12.1. The van der Waals surface area contributed by atoms with Crippen LogP contribution in [0.3, 0.4) is 0 Å². The van der Waals surface area contributed by atoms with Crippen molar-refractivity contribution in [2.45, 2.75) is 17.7 Å². The lowest BCUT2D eigenvalue weighted by atomic mass is 10.1. The lowest BCUT2D eigenvalue weighted by molar-refractivity contribution is -0.136. The van der Waals surface area contributed by atoms with Crippen LogP contribution in [0.4, 0.5) is 0 Å². The molecular formula is C17H16ClNO5S. The molecule has 0 aliphatic carbocycles. The Bertz CT molecular complexity index is 861. The largest absolute Gasteiger partial charge is 0.481 e. The summed E-state index contributed by atoms with van der Waals surface area (Å²) in [6.45, 7) is -0.376. The molecule has 0 aliphatic rings. The van der Waals surface area contributed by atoms with Crippen LogP contribution in [0, 0.1) is 0 Å². The van der Waals surface area contributed by atoms with Gasteiger partial charge >= 0.3 is 5.97 Å². The summed E-state index contributed by atoms with van der Waals surface area (Å²) >= 11 is 5.72. The monoisotopic (exact) mass is 381 g/mol. The molecule has 0 fully saturated rings. The van der Waals surface area contributed by atoms with Gasteiger partial charge in [0, 0.05) is 17.0 Å². The van der Waals surface area contributed by atoms with E-state index in [-0.39, 0.29) is 23.6 Å². The first-order valence-electron chi connectivity index (χ1n) is 7.37. The minimum atomic E-state index is -3.80. The number of halogens is 1.